The van der Waals surface area contributed by atoms with Crippen LogP contribution >= 0.6 is 0 Å². The Hall–Kier alpha value is -3.72. The van der Waals surface area contributed by atoms with Crippen molar-refractivity contribution in [2.75, 3.05) is 45.3 Å². The Labute approximate surface area is 254 Å². The molecule has 2 heterocycles. The van der Waals surface area contributed by atoms with Gasteiger partial charge in [0.15, 0.2) is 5.75 Å². The van der Waals surface area contributed by atoms with E-state index >= 15 is 0 Å². The van der Waals surface area contributed by atoms with Crippen molar-refractivity contribution in [3.05, 3.63) is 83.9 Å². The highest BCUT2D eigenvalue weighted by Gasteiger charge is 2.35. The lowest BCUT2D eigenvalue weighted by Gasteiger charge is -2.38. The molecule has 8 heteroatoms. The molecule has 3 atom stereocenters. The van der Waals surface area contributed by atoms with Crippen LogP contribution in [0.1, 0.15) is 42.6 Å². The second-order valence-electron chi connectivity index (χ2n) is 11.9. The molecule has 0 radical (unpaired) electrons. The standard InChI is InChI=1S/C35H43N3O5/c1-24-20-38(25(2)23-39)35(41)30-10-7-11-31(36-34(40)29-16-18-42-19-17-29)33(30)43-32(24)22-37(3)21-26-12-14-28(15-13-26)27-8-5-4-6-9-27/h4-15,24-25,29,32,39H,16-23H2,1-3H3,(H,36,40)/t24-,25-,32-/m1/s1. The van der Waals surface area contributed by atoms with Crippen molar-refractivity contribution < 1.29 is 24.2 Å². The number of anilines is 1. The summed E-state index contributed by atoms with van der Waals surface area (Å²) in [5.74, 6) is -0.0886. The lowest BCUT2D eigenvalue weighted by Crippen LogP contribution is -2.49. The van der Waals surface area contributed by atoms with Gasteiger partial charge in [0.1, 0.15) is 6.10 Å². The van der Waals surface area contributed by atoms with Gasteiger partial charge in [0, 0.05) is 44.7 Å². The molecule has 1 saturated heterocycles. The van der Waals surface area contributed by atoms with Gasteiger partial charge in [-0.05, 0) is 55.6 Å². The SMILES string of the molecule is C[C@@H]1CN([C@H](C)CO)C(=O)c2cccc(NC(=O)C3CCOCC3)c2O[C@@H]1CN(C)Cc1ccc(-c2ccccc2)cc1. The second-order valence-corrected chi connectivity index (χ2v) is 11.9. The fourth-order valence-corrected chi connectivity index (χ4v) is 5.87. The minimum Gasteiger partial charge on any atom is -0.486 e. The van der Waals surface area contributed by atoms with Gasteiger partial charge in [0.05, 0.1) is 23.9 Å². The maximum atomic E-state index is 13.8. The number of likely N-dealkylation sites (N-methyl/N-ethyl adjacent to an activating group) is 1. The Morgan fingerprint density at radius 2 is 1.72 bits per heavy atom. The molecule has 2 N–H and O–H groups in total. The Kier molecular flexibility index (Phi) is 10.1. The van der Waals surface area contributed by atoms with Gasteiger partial charge in [-0.1, -0.05) is 67.6 Å². The first-order valence-electron chi connectivity index (χ1n) is 15.3. The molecule has 228 valence electrons. The lowest BCUT2D eigenvalue weighted by molar-refractivity contribution is -0.122. The minimum atomic E-state index is -0.358. The zero-order valence-electron chi connectivity index (χ0n) is 25.4. The fraction of sp³-hybridized carbons (Fsp3) is 0.429. The molecule has 43 heavy (non-hydrogen) atoms. The van der Waals surface area contributed by atoms with Crippen molar-refractivity contribution in [3.8, 4) is 16.9 Å². The first-order valence-corrected chi connectivity index (χ1v) is 15.3. The molecular weight excluding hydrogens is 542 g/mol. The van der Waals surface area contributed by atoms with E-state index in [1.807, 2.05) is 25.1 Å². The topological polar surface area (TPSA) is 91.3 Å². The number of para-hydroxylation sites is 1. The number of amides is 2. The maximum Gasteiger partial charge on any atom is 0.258 e. The van der Waals surface area contributed by atoms with E-state index in [-0.39, 0.29) is 42.4 Å². The Morgan fingerprint density at radius 3 is 2.42 bits per heavy atom. The molecule has 2 amide bonds. The minimum absolute atomic E-state index is 0.0340. The summed E-state index contributed by atoms with van der Waals surface area (Å²) in [5, 5.41) is 13.0. The number of nitrogens with zero attached hydrogens (tertiary/aromatic N) is 2. The van der Waals surface area contributed by atoms with Gasteiger partial charge in [0.2, 0.25) is 5.91 Å². The van der Waals surface area contributed by atoms with Crippen molar-refractivity contribution in [1.29, 1.82) is 0 Å². The van der Waals surface area contributed by atoms with Crippen LogP contribution < -0.4 is 10.1 Å². The molecule has 0 aromatic heterocycles. The molecule has 2 aliphatic rings. The van der Waals surface area contributed by atoms with Gasteiger partial charge in [-0.15, -0.1) is 0 Å². The van der Waals surface area contributed by atoms with Crippen molar-refractivity contribution in [1.82, 2.24) is 9.80 Å². The number of benzene rings is 3. The molecule has 2 aliphatic heterocycles. The van der Waals surface area contributed by atoms with E-state index in [0.717, 1.165) is 6.54 Å². The van der Waals surface area contributed by atoms with E-state index in [9.17, 15) is 14.7 Å². The van der Waals surface area contributed by atoms with Gasteiger partial charge >= 0.3 is 0 Å². The third-order valence-electron chi connectivity index (χ3n) is 8.55. The maximum absolute atomic E-state index is 13.8. The number of rotatable bonds is 9. The fourth-order valence-electron chi connectivity index (χ4n) is 5.87. The van der Waals surface area contributed by atoms with Crippen LogP contribution in [0.25, 0.3) is 11.1 Å². The van der Waals surface area contributed by atoms with Crippen LogP contribution in [-0.4, -0.2) is 78.8 Å². The summed E-state index contributed by atoms with van der Waals surface area (Å²) in [6.45, 7) is 6.70. The molecule has 3 aromatic carbocycles. The zero-order valence-corrected chi connectivity index (χ0v) is 25.4. The Bertz CT molecular complexity index is 1370. The summed E-state index contributed by atoms with van der Waals surface area (Å²) >= 11 is 0. The van der Waals surface area contributed by atoms with E-state index in [2.05, 4.69) is 60.6 Å². The number of carbonyl (C=O) groups excluding carboxylic acids is 2. The summed E-state index contributed by atoms with van der Waals surface area (Å²) in [6.07, 6.45) is 1.06. The zero-order chi connectivity index (χ0) is 30.3. The molecule has 5 rings (SSSR count). The average Bonchev–Trinajstić information content (AvgIpc) is 3.03. The number of hydrogen-bond acceptors (Lipinski definition) is 6. The van der Waals surface area contributed by atoms with Crippen molar-refractivity contribution in [2.45, 2.75) is 45.4 Å². The third kappa shape index (κ3) is 7.44. The van der Waals surface area contributed by atoms with Crippen molar-refractivity contribution in [2.24, 2.45) is 11.8 Å². The third-order valence-corrected chi connectivity index (χ3v) is 8.55. The van der Waals surface area contributed by atoms with E-state index in [1.165, 1.54) is 16.7 Å². The molecule has 0 saturated carbocycles. The molecule has 0 spiro atoms. The molecule has 1 fully saturated rings. The number of ether oxygens (including phenoxy) is 2. The largest absolute Gasteiger partial charge is 0.486 e. The first-order chi connectivity index (χ1) is 20.8. The quantitative estimate of drug-likeness (QED) is 0.365. The number of aliphatic hydroxyl groups excluding tert-OH is 1. The molecule has 8 nitrogen and oxygen atoms in total. The summed E-state index contributed by atoms with van der Waals surface area (Å²) in [4.78, 5) is 30.9. The highest BCUT2D eigenvalue weighted by Crippen LogP contribution is 2.35. The van der Waals surface area contributed by atoms with Crippen LogP contribution in [0, 0.1) is 11.8 Å². The normalized spacial score (nSPS) is 20.1. The van der Waals surface area contributed by atoms with Gasteiger partial charge in [-0.3, -0.25) is 14.5 Å². The van der Waals surface area contributed by atoms with Gasteiger partial charge in [-0.2, -0.15) is 0 Å². The van der Waals surface area contributed by atoms with Crippen LogP contribution in [0.2, 0.25) is 0 Å². The van der Waals surface area contributed by atoms with Gasteiger partial charge < -0.3 is 24.8 Å². The predicted octanol–water partition coefficient (Wildman–Crippen LogP) is 5.07. The number of nitrogens with one attached hydrogen (secondary N) is 1. The number of aliphatic hydroxyl groups is 1. The van der Waals surface area contributed by atoms with E-state index < -0.39 is 0 Å². The monoisotopic (exact) mass is 585 g/mol. The highest BCUT2D eigenvalue weighted by molar-refractivity contribution is 6.02. The van der Waals surface area contributed by atoms with Crippen molar-refractivity contribution >= 4 is 17.5 Å². The molecule has 3 aromatic rings. The van der Waals surface area contributed by atoms with Crippen LogP contribution in [0.15, 0.2) is 72.8 Å². The molecular formula is C35H43N3O5. The van der Waals surface area contributed by atoms with Gasteiger partial charge in [0.25, 0.3) is 5.91 Å². The van der Waals surface area contributed by atoms with Crippen LogP contribution in [-0.2, 0) is 16.1 Å². The van der Waals surface area contributed by atoms with Crippen LogP contribution in [0.4, 0.5) is 5.69 Å². The predicted molar refractivity (Wildman–Crippen MR) is 168 cm³/mol. The summed E-state index contributed by atoms with van der Waals surface area (Å²) < 4.78 is 12.1. The first kappa shape index (κ1) is 30.7. The van der Waals surface area contributed by atoms with Crippen LogP contribution in [0.5, 0.6) is 5.75 Å². The lowest BCUT2D eigenvalue weighted by atomic mass is 9.98. The van der Waals surface area contributed by atoms with E-state index in [4.69, 9.17) is 9.47 Å². The van der Waals surface area contributed by atoms with E-state index in [1.54, 1.807) is 23.1 Å². The Balaban J connectivity index is 1.37. The number of carbonyl (C=O) groups is 2. The van der Waals surface area contributed by atoms with E-state index in [0.29, 0.717) is 56.1 Å². The van der Waals surface area contributed by atoms with Gasteiger partial charge in [-0.25, -0.2) is 0 Å². The summed E-state index contributed by atoms with van der Waals surface area (Å²) in [5.41, 5.74) is 4.45. The molecule has 0 aliphatic carbocycles. The van der Waals surface area contributed by atoms with Crippen molar-refractivity contribution in [3.63, 3.8) is 0 Å². The van der Waals surface area contributed by atoms with Crippen LogP contribution in [0.3, 0.4) is 0 Å². The average molecular weight is 586 g/mol. The molecule has 0 bridgehead atoms. The number of hydrogen-bond donors (Lipinski definition) is 2. The highest BCUT2D eigenvalue weighted by atomic mass is 16.5. The number of fused-ring (bicyclic) bond motifs is 1. The second kappa shape index (κ2) is 14.2. The summed E-state index contributed by atoms with van der Waals surface area (Å²) in [7, 11) is 2.07. The smallest absolute Gasteiger partial charge is 0.258 e. The Morgan fingerprint density at radius 1 is 1.02 bits per heavy atom. The summed E-state index contributed by atoms with van der Waals surface area (Å²) in [6, 6.07) is 23.9. The molecule has 0 unspecified atom stereocenters.